The van der Waals surface area contributed by atoms with E-state index in [9.17, 15) is 13.6 Å². The molecule has 6 nitrogen and oxygen atoms in total. The summed E-state index contributed by atoms with van der Waals surface area (Å²) < 4.78 is 27.0. The largest absolute Gasteiger partial charge is 0.348 e. The number of pyridine rings is 1. The van der Waals surface area contributed by atoms with Crippen LogP contribution in [0.4, 0.5) is 8.78 Å². The molecule has 1 aromatic carbocycles. The second-order valence-electron chi connectivity index (χ2n) is 8.22. The van der Waals surface area contributed by atoms with Gasteiger partial charge in [-0.25, -0.2) is 8.78 Å². The molecule has 2 aromatic heterocycles. The maximum absolute atomic E-state index is 13.5. The SMILES string of the molecule is CCC(CC)NC(=O)c1n[nH]c2ccc(-c3cncc(CN4CCC(F)(F)C4)c3)cc12. The third-order valence-corrected chi connectivity index (χ3v) is 5.88. The first-order chi connectivity index (χ1) is 14.9. The molecule has 0 saturated carbocycles. The van der Waals surface area contributed by atoms with Crippen LogP contribution < -0.4 is 5.32 Å². The number of carbonyl (C=O) groups excluding carboxylic acids is 1. The van der Waals surface area contributed by atoms with Crippen molar-refractivity contribution in [3.8, 4) is 11.1 Å². The van der Waals surface area contributed by atoms with Crippen molar-refractivity contribution in [1.29, 1.82) is 0 Å². The molecule has 1 saturated heterocycles. The quantitative estimate of drug-likeness (QED) is 0.587. The van der Waals surface area contributed by atoms with Crippen molar-refractivity contribution in [3.05, 3.63) is 47.9 Å². The zero-order chi connectivity index (χ0) is 22.0. The third-order valence-electron chi connectivity index (χ3n) is 5.88. The number of alkyl halides is 2. The number of aromatic amines is 1. The van der Waals surface area contributed by atoms with Crippen molar-refractivity contribution in [2.24, 2.45) is 0 Å². The Bertz CT molecular complexity index is 1080. The van der Waals surface area contributed by atoms with E-state index in [-0.39, 0.29) is 24.9 Å². The maximum Gasteiger partial charge on any atom is 0.272 e. The summed E-state index contributed by atoms with van der Waals surface area (Å²) in [5.41, 5.74) is 3.80. The van der Waals surface area contributed by atoms with Crippen LogP contribution in [0, 0.1) is 0 Å². The second-order valence-corrected chi connectivity index (χ2v) is 8.22. The van der Waals surface area contributed by atoms with Gasteiger partial charge >= 0.3 is 0 Å². The van der Waals surface area contributed by atoms with E-state index in [1.807, 2.05) is 38.1 Å². The van der Waals surface area contributed by atoms with Gasteiger partial charge in [0.05, 0.1) is 12.1 Å². The first-order valence-electron chi connectivity index (χ1n) is 10.7. The van der Waals surface area contributed by atoms with Gasteiger partial charge in [0, 0.05) is 48.9 Å². The molecule has 0 unspecified atom stereocenters. The van der Waals surface area contributed by atoms with Crippen LogP contribution in [-0.4, -0.2) is 51.0 Å². The van der Waals surface area contributed by atoms with E-state index in [4.69, 9.17) is 0 Å². The zero-order valence-corrected chi connectivity index (χ0v) is 17.8. The number of rotatable bonds is 7. The van der Waals surface area contributed by atoms with Crippen LogP contribution in [0.5, 0.6) is 0 Å². The number of benzene rings is 1. The third kappa shape index (κ3) is 4.74. The summed E-state index contributed by atoms with van der Waals surface area (Å²) in [6.07, 6.45) is 5.08. The molecule has 0 atom stereocenters. The number of halogens is 2. The first-order valence-corrected chi connectivity index (χ1v) is 10.7. The molecule has 0 spiro atoms. The van der Waals surface area contributed by atoms with Crippen LogP contribution in [0.25, 0.3) is 22.0 Å². The highest BCUT2D eigenvalue weighted by Gasteiger charge is 2.37. The van der Waals surface area contributed by atoms with Crippen LogP contribution in [0.3, 0.4) is 0 Å². The topological polar surface area (TPSA) is 73.9 Å². The van der Waals surface area contributed by atoms with Gasteiger partial charge in [-0.1, -0.05) is 19.9 Å². The van der Waals surface area contributed by atoms with E-state index < -0.39 is 5.92 Å². The summed E-state index contributed by atoms with van der Waals surface area (Å²) in [4.78, 5) is 18.8. The normalized spacial score (nSPS) is 16.3. The zero-order valence-electron chi connectivity index (χ0n) is 17.8. The number of likely N-dealkylation sites (tertiary alicyclic amines) is 1. The predicted molar refractivity (Wildman–Crippen MR) is 116 cm³/mol. The number of amides is 1. The van der Waals surface area contributed by atoms with Crippen molar-refractivity contribution in [1.82, 2.24) is 25.4 Å². The van der Waals surface area contributed by atoms with E-state index >= 15 is 0 Å². The summed E-state index contributed by atoms with van der Waals surface area (Å²) >= 11 is 0. The number of aromatic nitrogens is 3. The molecule has 8 heteroatoms. The minimum Gasteiger partial charge on any atom is -0.348 e. The highest BCUT2D eigenvalue weighted by molar-refractivity contribution is 6.05. The number of fused-ring (bicyclic) bond motifs is 1. The Morgan fingerprint density at radius 3 is 2.74 bits per heavy atom. The van der Waals surface area contributed by atoms with Crippen LogP contribution >= 0.6 is 0 Å². The minimum absolute atomic E-state index is 0.0982. The molecule has 1 amide bonds. The summed E-state index contributed by atoms with van der Waals surface area (Å²) in [5.74, 6) is -2.80. The number of nitrogens with one attached hydrogen (secondary N) is 2. The molecular weight excluding hydrogens is 400 g/mol. The number of carbonyl (C=O) groups is 1. The molecule has 1 aliphatic heterocycles. The van der Waals surface area contributed by atoms with Crippen LogP contribution in [-0.2, 0) is 6.54 Å². The van der Waals surface area contributed by atoms with Crippen molar-refractivity contribution in [3.63, 3.8) is 0 Å². The van der Waals surface area contributed by atoms with Crippen LogP contribution in [0.2, 0.25) is 0 Å². The van der Waals surface area contributed by atoms with Crippen molar-refractivity contribution in [2.45, 2.75) is 51.6 Å². The maximum atomic E-state index is 13.5. The average Bonchev–Trinajstić information content (AvgIpc) is 3.34. The molecule has 2 N–H and O–H groups in total. The van der Waals surface area contributed by atoms with Gasteiger partial charge in [-0.3, -0.25) is 19.8 Å². The van der Waals surface area contributed by atoms with Gasteiger partial charge in [0.1, 0.15) is 0 Å². The lowest BCUT2D eigenvalue weighted by atomic mass is 10.0. The summed E-state index contributed by atoms with van der Waals surface area (Å²) in [7, 11) is 0. The van der Waals surface area contributed by atoms with Crippen LogP contribution in [0.1, 0.15) is 49.2 Å². The van der Waals surface area contributed by atoms with Gasteiger partial charge < -0.3 is 5.32 Å². The van der Waals surface area contributed by atoms with Crippen LogP contribution in [0.15, 0.2) is 36.7 Å². The minimum atomic E-state index is -2.61. The fourth-order valence-electron chi connectivity index (χ4n) is 4.05. The molecule has 1 aliphatic rings. The first kappa shape index (κ1) is 21.4. The molecule has 3 heterocycles. The Morgan fingerprint density at radius 2 is 2.03 bits per heavy atom. The van der Waals surface area contributed by atoms with Crippen molar-refractivity contribution in [2.75, 3.05) is 13.1 Å². The molecule has 0 aliphatic carbocycles. The number of H-pyrrole nitrogens is 1. The lowest BCUT2D eigenvalue weighted by Crippen LogP contribution is -2.34. The Balaban J connectivity index is 1.58. The average molecular weight is 427 g/mol. The summed E-state index contributed by atoms with van der Waals surface area (Å²) in [6.45, 7) is 4.69. The smallest absolute Gasteiger partial charge is 0.272 e. The summed E-state index contributed by atoms with van der Waals surface area (Å²) in [6, 6.07) is 7.83. The number of nitrogens with zero attached hydrogens (tertiary/aromatic N) is 3. The fraction of sp³-hybridized carbons (Fsp3) is 0.435. The standard InChI is InChI=1S/C23H27F2N5O/c1-3-18(4-2)27-22(31)21-19-10-16(5-6-20(19)28-29-21)17-9-15(11-26-12-17)13-30-8-7-23(24,25)14-30/h5-6,9-12,18H,3-4,7-8,13-14H2,1-2H3,(H,27,31)(H,28,29). The van der Waals surface area contributed by atoms with E-state index in [0.29, 0.717) is 18.8 Å². The molecule has 164 valence electrons. The monoisotopic (exact) mass is 427 g/mol. The van der Waals surface area contributed by atoms with E-state index in [1.165, 1.54) is 0 Å². The van der Waals surface area contributed by atoms with Crippen molar-refractivity contribution < 1.29 is 13.6 Å². The highest BCUT2D eigenvalue weighted by Crippen LogP contribution is 2.29. The van der Waals surface area contributed by atoms with Gasteiger partial charge in [-0.05, 0) is 42.2 Å². The number of hydrogen-bond acceptors (Lipinski definition) is 4. The van der Waals surface area contributed by atoms with Crippen molar-refractivity contribution >= 4 is 16.8 Å². The van der Waals surface area contributed by atoms with E-state index in [0.717, 1.165) is 40.4 Å². The number of hydrogen-bond donors (Lipinski definition) is 2. The van der Waals surface area contributed by atoms with Gasteiger partial charge in [0.25, 0.3) is 11.8 Å². The van der Waals surface area contributed by atoms with Gasteiger partial charge in [-0.15, -0.1) is 0 Å². The Hall–Kier alpha value is -2.87. The molecule has 1 fully saturated rings. The van der Waals surface area contributed by atoms with E-state index in [2.05, 4.69) is 20.5 Å². The Labute approximate surface area is 180 Å². The molecule has 0 bridgehead atoms. The van der Waals surface area contributed by atoms with Gasteiger partial charge in [0.15, 0.2) is 5.69 Å². The predicted octanol–water partition coefficient (Wildman–Crippen LogP) is 4.38. The van der Waals surface area contributed by atoms with Gasteiger partial charge in [-0.2, -0.15) is 5.10 Å². The lowest BCUT2D eigenvalue weighted by molar-refractivity contribution is 0.0115. The second kappa shape index (κ2) is 8.70. The molecule has 3 aromatic rings. The lowest BCUT2D eigenvalue weighted by Gasteiger charge is -2.16. The molecule has 0 radical (unpaired) electrons. The fourth-order valence-corrected chi connectivity index (χ4v) is 4.05. The van der Waals surface area contributed by atoms with E-state index in [1.54, 1.807) is 17.3 Å². The summed E-state index contributed by atoms with van der Waals surface area (Å²) in [5, 5.41) is 10.9. The Morgan fingerprint density at radius 1 is 1.23 bits per heavy atom. The Kier molecular flexibility index (Phi) is 6.00. The van der Waals surface area contributed by atoms with Gasteiger partial charge in [0.2, 0.25) is 0 Å². The highest BCUT2D eigenvalue weighted by atomic mass is 19.3. The molecular formula is C23H27F2N5O. The molecule has 4 rings (SSSR count). The molecule has 31 heavy (non-hydrogen) atoms.